The minimum Gasteiger partial charge on any atom is -0.324 e. The molecule has 0 aliphatic heterocycles. The van der Waals surface area contributed by atoms with Gasteiger partial charge in [0.1, 0.15) is 6.04 Å². The van der Waals surface area contributed by atoms with Gasteiger partial charge in [-0.05, 0) is 46.5 Å². The smallest absolute Gasteiger partial charge is 0.249 e. The summed E-state index contributed by atoms with van der Waals surface area (Å²) in [5.41, 5.74) is 2.07. The Hall–Kier alpha value is -1.62. The van der Waals surface area contributed by atoms with Crippen LogP contribution in [-0.4, -0.2) is 15.7 Å². The minimum atomic E-state index is -0.299. The van der Waals surface area contributed by atoms with Crippen molar-refractivity contribution >= 4 is 27.5 Å². The molecule has 1 atom stereocenters. The molecule has 5 heteroatoms. The van der Waals surface area contributed by atoms with Crippen LogP contribution in [0.3, 0.4) is 0 Å². The summed E-state index contributed by atoms with van der Waals surface area (Å²) in [5, 5.41) is 7.12. The lowest BCUT2D eigenvalue weighted by molar-refractivity contribution is -0.119. The Morgan fingerprint density at radius 2 is 2.05 bits per heavy atom. The van der Waals surface area contributed by atoms with Crippen molar-refractivity contribution in [1.29, 1.82) is 0 Å². The highest BCUT2D eigenvalue weighted by Crippen LogP contribution is 2.18. The summed E-state index contributed by atoms with van der Waals surface area (Å²) in [5.74, 6) is -0.0488. The highest BCUT2D eigenvalue weighted by molar-refractivity contribution is 9.10. The molecule has 0 saturated heterocycles. The number of aromatic nitrogens is 2. The van der Waals surface area contributed by atoms with Crippen LogP contribution < -0.4 is 5.32 Å². The second-order valence-electron chi connectivity index (χ2n) is 4.60. The number of carbonyl (C=O) groups excluding carboxylic acids is 1. The van der Waals surface area contributed by atoms with Crippen LogP contribution >= 0.6 is 15.9 Å². The van der Waals surface area contributed by atoms with E-state index in [0.29, 0.717) is 6.42 Å². The fourth-order valence-corrected chi connectivity index (χ4v) is 2.33. The molecule has 2 rings (SSSR count). The second-order valence-corrected chi connectivity index (χ2v) is 5.52. The molecule has 0 bridgehead atoms. The molecule has 0 saturated carbocycles. The maximum Gasteiger partial charge on any atom is 0.249 e. The molecule has 1 amide bonds. The van der Waals surface area contributed by atoms with Crippen LogP contribution in [0.4, 0.5) is 5.69 Å². The van der Waals surface area contributed by atoms with Crippen molar-refractivity contribution in [3.05, 3.63) is 46.7 Å². The molecular weight excluding hydrogens is 318 g/mol. The number of aryl methyl sites for hydroxylation is 1. The van der Waals surface area contributed by atoms with Crippen molar-refractivity contribution in [2.45, 2.75) is 32.7 Å². The zero-order valence-corrected chi connectivity index (χ0v) is 13.2. The SMILES string of the molecule is CCc1ccc(NC(=O)[C@@H](CC)n2cc(Br)cn2)cc1. The summed E-state index contributed by atoms with van der Waals surface area (Å²) in [4.78, 5) is 12.3. The number of anilines is 1. The first-order chi connectivity index (χ1) is 9.63. The van der Waals surface area contributed by atoms with E-state index in [-0.39, 0.29) is 11.9 Å². The Labute approximate surface area is 127 Å². The standard InChI is InChI=1S/C15H18BrN3O/c1-3-11-5-7-13(8-6-11)18-15(20)14(4-2)19-10-12(16)9-17-19/h5-10,14H,3-4H2,1-2H3,(H,18,20)/t14-/m1/s1. The van der Waals surface area contributed by atoms with Gasteiger partial charge in [-0.3, -0.25) is 9.48 Å². The van der Waals surface area contributed by atoms with Crippen LogP contribution in [0.2, 0.25) is 0 Å². The van der Waals surface area contributed by atoms with Crippen molar-refractivity contribution < 1.29 is 4.79 Å². The first-order valence-electron chi connectivity index (χ1n) is 6.73. The van der Waals surface area contributed by atoms with Gasteiger partial charge in [0.2, 0.25) is 5.91 Å². The second kappa shape index (κ2) is 6.70. The maximum absolute atomic E-state index is 12.3. The van der Waals surface area contributed by atoms with Gasteiger partial charge < -0.3 is 5.32 Å². The number of nitrogens with one attached hydrogen (secondary N) is 1. The highest BCUT2D eigenvalue weighted by Gasteiger charge is 2.19. The summed E-state index contributed by atoms with van der Waals surface area (Å²) in [7, 11) is 0. The first-order valence-corrected chi connectivity index (χ1v) is 7.52. The lowest BCUT2D eigenvalue weighted by Gasteiger charge is -2.15. The monoisotopic (exact) mass is 335 g/mol. The topological polar surface area (TPSA) is 46.9 Å². The molecule has 1 N–H and O–H groups in total. The van der Waals surface area contributed by atoms with Crippen LogP contribution in [0.1, 0.15) is 31.9 Å². The molecule has 0 spiro atoms. The van der Waals surface area contributed by atoms with Gasteiger partial charge in [0.15, 0.2) is 0 Å². The van der Waals surface area contributed by atoms with Crippen molar-refractivity contribution in [3.8, 4) is 0 Å². The highest BCUT2D eigenvalue weighted by atomic mass is 79.9. The van der Waals surface area contributed by atoms with Gasteiger partial charge in [0.25, 0.3) is 0 Å². The molecule has 0 fully saturated rings. The predicted octanol–water partition coefficient (Wildman–Crippen LogP) is 3.80. The molecule has 106 valence electrons. The van der Waals surface area contributed by atoms with E-state index in [2.05, 4.69) is 33.3 Å². The van der Waals surface area contributed by atoms with Gasteiger partial charge in [-0.25, -0.2) is 0 Å². The number of hydrogen-bond donors (Lipinski definition) is 1. The van der Waals surface area contributed by atoms with Crippen LogP contribution in [0.15, 0.2) is 41.1 Å². The van der Waals surface area contributed by atoms with Crippen molar-refractivity contribution in [2.24, 2.45) is 0 Å². The molecule has 0 aliphatic carbocycles. The zero-order chi connectivity index (χ0) is 14.5. The molecule has 0 radical (unpaired) electrons. The summed E-state index contributed by atoms with van der Waals surface area (Å²) in [6.45, 7) is 4.08. The van der Waals surface area contributed by atoms with E-state index >= 15 is 0 Å². The maximum atomic E-state index is 12.3. The third kappa shape index (κ3) is 3.48. The molecule has 1 aromatic carbocycles. The number of carbonyl (C=O) groups is 1. The van der Waals surface area contributed by atoms with E-state index in [1.165, 1.54) is 5.56 Å². The summed E-state index contributed by atoms with van der Waals surface area (Å²) < 4.78 is 2.55. The van der Waals surface area contributed by atoms with Gasteiger partial charge in [-0.15, -0.1) is 0 Å². The summed E-state index contributed by atoms with van der Waals surface area (Å²) >= 11 is 3.35. The van der Waals surface area contributed by atoms with Gasteiger partial charge in [0.05, 0.1) is 10.7 Å². The van der Waals surface area contributed by atoms with E-state index in [4.69, 9.17) is 0 Å². The molecule has 0 unspecified atom stereocenters. The van der Waals surface area contributed by atoms with E-state index in [1.807, 2.05) is 37.4 Å². The first kappa shape index (κ1) is 14.8. The number of rotatable bonds is 5. The fourth-order valence-electron chi connectivity index (χ4n) is 2.03. The average molecular weight is 336 g/mol. The van der Waals surface area contributed by atoms with Gasteiger partial charge in [0, 0.05) is 11.9 Å². The molecular formula is C15H18BrN3O. The van der Waals surface area contributed by atoms with E-state index in [1.54, 1.807) is 10.9 Å². The lowest BCUT2D eigenvalue weighted by atomic mass is 10.1. The Kier molecular flexibility index (Phi) is 4.95. The van der Waals surface area contributed by atoms with Crippen molar-refractivity contribution in [1.82, 2.24) is 9.78 Å². The lowest BCUT2D eigenvalue weighted by Crippen LogP contribution is -2.25. The Bertz CT molecular complexity index is 577. The number of nitrogens with zero attached hydrogens (tertiary/aromatic N) is 2. The molecule has 4 nitrogen and oxygen atoms in total. The number of halogens is 1. The Morgan fingerprint density at radius 3 is 2.55 bits per heavy atom. The van der Waals surface area contributed by atoms with Crippen molar-refractivity contribution in [2.75, 3.05) is 5.32 Å². The number of amides is 1. The molecule has 1 aromatic heterocycles. The third-order valence-electron chi connectivity index (χ3n) is 3.21. The minimum absolute atomic E-state index is 0.0488. The average Bonchev–Trinajstić information content (AvgIpc) is 2.87. The molecule has 0 aliphatic rings. The van der Waals surface area contributed by atoms with Crippen LogP contribution in [-0.2, 0) is 11.2 Å². The molecule has 2 aromatic rings. The van der Waals surface area contributed by atoms with Gasteiger partial charge in [-0.2, -0.15) is 5.10 Å². The van der Waals surface area contributed by atoms with E-state index < -0.39 is 0 Å². The summed E-state index contributed by atoms with van der Waals surface area (Å²) in [6.07, 6.45) is 5.18. The summed E-state index contributed by atoms with van der Waals surface area (Å²) in [6, 6.07) is 7.62. The van der Waals surface area contributed by atoms with Gasteiger partial charge >= 0.3 is 0 Å². The van der Waals surface area contributed by atoms with Gasteiger partial charge in [-0.1, -0.05) is 26.0 Å². The zero-order valence-electron chi connectivity index (χ0n) is 11.6. The van der Waals surface area contributed by atoms with E-state index in [9.17, 15) is 4.79 Å². The van der Waals surface area contributed by atoms with E-state index in [0.717, 1.165) is 16.6 Å². The molecule has 1 heterocycles. The number of hydrogen-bond acceptors (Lipinski definition) is 2. The Balaban J connectivity index is 2.08. The van der Waals surface area contributed by atoms with Crippen molar-refractivity contribution in [3.63, 3.8) is 0 Å². The quantitative estimate of drug-likeness (QED) is 0.903. The third-order valence-corrected chi connectivity index (χ3v) is 3.62. The molecule has 20 heavy (non-hydrogen) atoms. The number of benzene rings is 1. The normalized spacial score (nSPS) is 12.2. The Morgan fingerprint density at radius 1 is 1.35 bits per heavy atom. The van der Waals surface area contributed by atoms with Crippen LogP contribution in [0.5, 0.6) is 0 Å². The fraction of sp³-hybridized carbons (Fsp3) is 0.333. The van der Waals surface area contributed by atoms with Crippen LogP contribution in [0.25, 0.3) is 0 Å². The van der Waals surface area contributed by atoms with Crippen LogP contribution in [0, 0.1) is 0 Å². The largest absolute Gasteiger partial charge is 0.324 e. The predicted molar refractivity (Wildman–Crippen MR) is 83.7 cm³/mol.